The van der Waals surface area contributed by atoms with E-state index in [0.717, 1.165) is 25.2 Å². The van der Waals surface area contributed by atoms with Gasteiger partial charge >= 0.3 is 5.97 Å². The highest BCUT2D eigenvalue weighted by Gasteiger charge is 2.23. The molecule has 0 radical (unpaired) electrons. The molecule has 1 saturated heterocycles. The van der Waals surface area contributed by atoms with Crippen LogP contribution in [0.2, 0.25) is 0 Å². The molecule has 0 aromatic heterocycles. The minimum absolute atomic E-state index is 0.00794. The first-order valence-electron chi connectivity index (χ1n) is 6.37. The van der Waals surface area contributed by atoms with E-state index < -0.39 is 5.97 Å². The monoisotopic (exact) mass is 262 g/mol. The molecule has 1 aliphatic rings. The zero-order valence-electron chi connectivity index (χ0n) is 10.9. The van der Waals surface area contributed by atoms with E-state index in [9.17, 15) is 9.59 Å². The lowest BCUT2D eigenvalue weighted by molar-refractivity contribution is -0.136. The Bertz CT molecular complexity index is 487. The van der Waals surface area contributed by atoms with Crippen molar-refractivity contribution in [3.05, 3.63) is 29.8 Å². The van der Waals surface area contributed by atoms with Gasteiger partial charge in [0, 0.05) is 30.4 Å². The number of aliphatic carboxylic acids is 1. The Kier molecular flexibility index (Phi) is 4.16. The molecule has 1 unspecified atom stereocenters. The van der Waals surface area contributed by atoms with Crippen LogP contribution in [0.25, 0.3) is 0 Å². The smallest absolute Gasteiger partial charge is 0.317 e. The number of nitrogens with one attached hydrogen (secondary N) is 1. The molecule has 1 aromatic carbocycles. The van der Waals surface area contributed by atoms with Gasteiger partial charge in [0.05, 0.1) is 6.54 Å². The number of hydrogen-bond acceptors (Lipinski definition) is 4. The first-order chi connectivity index (χ1) is 9.06. The van der Waals surface area contributed by atoms with Gasteiger partial charge in [-0.3, -0.25) is 9.59 Å². The Morgan fingerprint density at radius 2 is 2.26 bits per heavy atom. The highest BCUT2D eigenvalue weighted by Crippen LogP contribution is 2.21. The Labute approximate surface area is 112 Å². The molecule has 0 saturated carbocycles. The van der Waals surface area contributed by atoms with Crippen LogP contribution < -0.4 is 10.2 Å². The fourth-order valence-electron chi connectivity index (χ4n) is 2.31. The van der Waals surface area contributed by atoms with Crippen LogP contribution in [0.4, 0.5) is 5.69 Å². The predicted molar refractivity (Wildman–Crippen MR) is 72.7 cm³/mol. The van der Waals surface area contributed by atoms with Crippen molar-refractivity contribution in [1.82, 2.24) is 5.32 Å². The number of carboxylic acid groups (broad SMARTS) is 1. The quantitative estimate of drug-likeness (QED) is 0.779. The van der Waals surface area contributed by atoms with Gasteiger partial charge in [0.1, 0.15) is 0 Å². The molecule has 0 bridgehead atoms. The molecule has 19 heavy (non-hydrogen) atoms. The van der Waals surface area contributed by atoms with Crippen molar-refractivity contribution in [2.75, 3.05) is 24.5 Å². The molecule has 0 amide bonds. The molecule has 0 aliphatic carbocycles. The third-order valence-electron chi connectivity index (χ3n) is 3.35. The third kappa shape index (κ3) is 3.54. The summed E-state index contributed by atoms with van der Waals surface area (Å²) < 4.78 is 0. The molecular formula is C14H18N2O3. The summed E-state index contributed by atoms with van der Waals surface area (Å²) in [4.78, 5) is 24.0. The number of benzene rings is 1. The van der Waals surface area contributed by atoms with E-state index in [1.54, 1.807) is 6.92 Å². The second-order valence-corrected chi connectivity index (χ2v) is 4.81. The van der Waals surface area contributed by atoms with Gasteiger partial charge < -0.3 is 15.3 Å². The van der Waals surface area contributed by atoms with E-state index >= 15 is 0 Å². The zero-order chi connectivity index (χ0) is 13.8. The SMILES string of the molecule is CC(=O)c1cccc(N2CCC(NCC(=O)O)C2)c1. The lowest BCUT2D eigenvalue weighted by atomic mass is 10.1. The molecule has 1 aliphatic heterocycles. The average molecular weight is 262 g/mol. The van der Waals surface area contributed by atoms with Gasteiger partial charge in [-0.2, -0.15) is 0 Å². The highest BCUT2D eigenvalue weighted by molar-refractivity contribution is 5.95. The van der Waals surface area contributed by atoms with Crippen molar-refractivity contribution in [3.8, 4) is 0 Å². The van der Waals surface area contributed by atoms with Crippen LogP contribution >= 0.6 is 0 Å². The summed E-state index contributed by atoms with van der Waals surface area (Å²) >= 11 is 0. The van der Waals surface area contributed by atoms with Crippen molar-refractivity contribution >= 4 is 17.4 Å². The van der Waals surface area contributed by atoms with Crippen LogP contribution in [0, 0.1) is 0 Å². The maximum Gasteiger partial charge on any atom is 0.317 e. The molecule has 5 nitrogen and oxygen atoms in total. The average Bonchev–Trinajstić information content (AvgIpc) is 2.85. The first kappa shape index (κ1) is 13.5. The summed E-state index contributed by atoms with van der Waals surface area (Å²) in [6.45, 7) is 3.19. The van der Waals surface area contributed by atoms with Crippen molar-refractivity contribution in [2.45, 2.75) is 19.4 Å². The molecule has 0 spiro atoms. The third-order valence-corrected chi connectivity index (χ3v) is 3.35. The van der Waals surface area contributed by atoms with E-state index in [1.807, 2.05) is 24.3 Å². The van der Waals surface area contributed by atoms with Crippen LogP contribution in [-0.2, 0) is 4.79 Å². The Morgan fingerprint density at radius 1 is 1.47 bits per heavy atom. The number of hydrogen-bond donors (Lipinski definition) is 2. The van der Waals surface area contributed by atoms with Gasteiger partial charge in [-0.25, -0.2) is 0 Å². The summed E-state index contributed by atoms with van der Waals surface area (Å²) in [6, 6.07) is 7.75. The van der Waals surface area contributed by atoms with Gasteiger partial charge in [0.15, 0.2) is 5.78 Å². The van der Waals surface area contributed by atoms with Gasteiger partial charge in [0.2, 0.25) is 0 Å². The lowest BCUT2D eigenvalue weighted by Crippen LogP contribution is -2.35. The maximum absolute atomic E-state index is 11.4. The molecular weight excluding hydrogens is 244 g/mol. The van der Waals surface area contributed by atoms with Crippen LogP contribution in [0.5, 0.6) is 0 Å². The molecule has 1 aromatic rings. The molecule has 1 heterocycles. The fourth-order valence-corrected chi connectivity index (χ4v) is 2.31. The zero-order valence-corrected chi connectivity index (χ0v) is 10.9. The molecule has 5 heteroatoms. The summed E-state index contributed by atoms with van der Waals surface area (Å²) in [5.41, 5.74) is 1.73. The maximum atomic E-state index is 11.4. The number of carboxylic acids is 1. The number of carbonyl (C=O) groups excluding carboxylic acids is 1. The molecule has 1 atom stereocenters. The van der Waals surface area contributed by atoms with Crippen molar-refractivity contribution in [3.63, 3.8) is 0 Å². The summed E-state index contributed by atoms with van der Waals surface area (Å²) in [5, 5.41) is 11.7. The van der Waals surface area contributed by atoms with Gasteiger partial charge in [0.25, 0.3) is 0 Å². The number of Topliss-reactive ketones (excluding diaryl/α,β-unsaturated/α-hetero) is 1. The topological polar surface area (TPSA) is 69.6 Å². The number of carbonyl (C=O) groups is 2. The second-order valence-electron chi connectivity index (χ2n) is 4.81. The van der Waals surface area contributed by atoms with E-state index in [2.05, 4.69) is 10.2 Å². The normalized spacial score (nSPS) is 18.6. The van der Waals surface area contributed by atoms with E-state index in [1.165, 1.54) is 0 Å². The van der Waals surface area contributed by atoms with Crippen LogP contribution in [-0.4, -0.2) is 42.5 Å². The second kappa shape index (κ2) is 5.84. The van der Waals surface area contributed by atoms with Gasteiger partial charge in [-0.05, 0) is 25.5 Å². The summed E-state index contributed by atoms with van der Waals surface area (Å²) in [6.07, 6.45) is 0.914. The van der Waals surface area contributed by atoms with Gasteiger partial charge in [-0.15, -0.1) is 0 Å². The highest BCUT2D eigenvalue weighted by atomic mass is 16.4. The lowest BCUT2D eigenvalue weighted by Gasteiger charge is -2.19. The number of anilines is 1. The minimum Gasteiger partial charge on any atom is -0.480 e. The van der Waals surface area contributed by atoms with Crippen LogP contribution in [0.15, 0.2) is 24.3 Å². The van der Waals surface area contributed by atoms with E-state index in [-0.39, 0.29) is 18.4 Å². The van der Waals surface area contributed by atoms with Crippen molar-refractivity contribution < 1.29 is 14.7 Å². The Morgan fingerprint density at radius 3 is 2.95 bits per heavy atom. The molecule has 2 rings (SSSR count). The van der Waals surface area contributed by atoms with E-state index in [0.29, 0.717) is 5.56 Å². The van der Waals surface area contributed by atoms with Gasteiger partial charge in [-0.1, -0.05) is 12.1 Å². The first-order valence-corrected chi connectivity index (χ1v) is 6.37. The molecule has 2 N–H and O–H groups in total. The van der Waals surface area contributed by atoms with Crippen LogP contribution in [0.1, 0.15) is 23.7 Å². The Hall–Kier alpha value is -1.88. The summed E-state index contributed by atoms with van der Waals surface area (Å²) in [7, 11) is 0. The molecule has 1 fully saturated rings. The number of rotatable bonds is 5. The largest absolute Gasteiger partial charge is 0.480 e. The molecule has 102 valence electrons. The van der Waals surface area contributed by atoms with Crippen LogP contribution in [0.3, 0.4) is 0 Å². The minimum atomic E-state index is -0.836. The fraction of sp³-hybridized carbons (Fsp3) is 0.429. The number of ketones is 1. The predicted octanol–water partition coefficient (Wildman–Crippen LogP) is 1.14. The van der Waals surface area contributed by atoms with Crippen molar-refractivity contribution in [2.24, 2.45) is 0 Å². The van der Waals surface area contributed by atoms with E-state index in [4.69, 9.17) is 5.11 Å². The Balaban J connectivity index is 1.98. The van der Waals surface area contributed by atoms with Crippen molar-refractivity contribution in [1.29, 1.82) is 0 Å². The summed E-state index contributed by atoms with van der Waals surface area (Å²) in [5.74, 6) is -0.779. The number of nitrogens with zero attached hydrogens (tertiary/aromatic N) is 1. The standard InChI is InChI=1S/C14H18N2O3/c1-10(17)11-3-2-4-13(7-11)16-6-5-12(9-16)15-8-14(18)19/h2-4,7,12,15H,5-6,8-9H2,1H3,(H,18,19).